The summed E-state index contributed by atoms with van der Waals surface area (Å²) in [7, 11) is 1.53. The molecule has 1 saturated heterocycles. The summed E-state index contributed by atoms with van der Waals surface area (Å²) in [5.41, 5.74) is 0.440. The van der Waals surface area contributed by atoms with Gasteiger partial charge in [0.15, 0.2) is 11.5 Å². The minimum atomic E-state index is -0.954. The molecule has 1 aromatic rings. The predicted octanol–water partition coefficient (Wildman–Crippen LogP) is 2.44. The Morgan fingerprint density at radius 1 is 1.35 bits per heavy atom. The number of nitrogens with zero attached hydrogens (tertiary/aromatic N) is 1. The Morgan fingerprint density at radius 3 is 2.77 bits per heavy atom. The Bertz CT molecular complexity index is 630. The van der Waals surface area contributed by atoms with Crippen LogP contribution in [0.3, 0.4) is 0 Å². The minimum absolute atomic E-state index is 0.140. The van der Waals surface area contributed by atoms with Crippen molar-refractivity contribution in [3.8, 4) is 11.5 Å². The lowest BCUT2D eigenvalue weighted by atomic mass is 10.1. The summed E-state index contributed by atoms with van der Waals surface area (Å²) in [5, 5.41) is 9.05. The Hall–Kier alpha value is -2.28. The van der Waals surface area contributed by atoms with Gasteiger partial charge in [-0.05, 0) is 30.5 Å². The zero-order valence-electron chi connectivity index (χ0n) is 15.6. The van der Waals surface area contributed by atoms with E-state index in [1.165, 1.54) is 7.11 Å². The molecule has 1 aromatic carbocycles. The van der Waals surface area contributed by atoms with Gasteiger partial charge in [-0.1, -0.05) is 13.8 Å². The molecule has 7 heteroatoms. The molecule has 0 radical (unpaired) electrons. The number of hydrogen-bond donors (Lipinski definition) is 1. The first-order chi connectivity index (χ1) is 12.4. The smallest absolute Gasteiger partial charge is 0.305 e. The molecule has 0 bridgehead atoms. The van der Waals surface area contributed by atoms with E-state index in [2.05, 4.69) is 13.8 Å². The summed E-state index contributed by atoms with van der Waals surface area (Å²) in [6.07, 6.45) is 0.785. The van der Waals surface area contributed by atoms with Crippen LogP contribution in [-0.2, 0) is 9.53 Å². The molecular weight excluding hydrogens is 338 g/mol. The highest BCUT2D eigenvalue weighted by molar-refractivity contribution is 5.95. The largest absolute Gasteiger partial charge is 0.493 e. The van der Waals surface area contributed by atoms with Crippen molar-refractivity contribution in [2.75, 3.05) is 33.5 Å². The second-order valence-electron chi connectivity index (χ2n) is 6.72. The van der Waals surface area contributed by atoms with Gasteiger partial charge in [0.1, 0.15) is 0 Å². The average Bonchev–Trinajstić information content (AvgIpc) is 2.61. The molecule has 1 heterocycles. The summed E-state index contributed by atoms with van der Waals surface area (Å²) >= 11 is 0. The normalized spacial score (nSPS) is 17.2. The zero-order valence-corrected chi connectivity index (χ0v) is 15.6. The second-order valence-corrected chi connectivity index (χ2v) is 6.72. The highest BCUT2D eigenvalue weighted by atomic mass is 16.5. The SMILES string of the molecule is COc1cc(C(=O)N2CCOCC2CC(=O)O)ccc1OCCC(C)C. The van der Waals surface area contributed by atoms with Crippen LogP contribution >= 0.6 is 0 Å². The van der Waals surface area contributed by atoms with Gasteiger partial charge in [-0.2, -0.15) is 0 Å². The van der Waals surface area contributed by atoms with Gasteiger partial charge in [-0.3, -0.25) is 9.59 Å². The number of ether oxygens (including phenoxy) is 3. The third kappa shape index (κ3) is 5.36. The molecule has 0 saturated carbocycles. The number of carbonyl (C=O) groups is 2. The summed E-state index contributed by atoms with van der Waals surface area (Å²) < 4.78 is 16.4. The minimum Gasteiger partial charge on any atom is -0.493 e. The first kappa shape index (κ1) is 20.0. The molecule has 7 nitrogen and oxygen atoms in total. The monoisotopic (exact) mass is 365 g/mol. The number of hydrogen-bond acceptors (Lipinski definition) is 5. The molecule has 1 aliphatic rings. The van der Waals surface area contributed by atoms with Gasteiger partial charge >= 0.3 is 5.97 Å². The Labute approximate surface area is 153 Å². The number of methoxy groups -OCH3 is 1. The van der Waals surface area contributed by atoms with Gasteiger partial charge in [-0.15, -0.1) is 0 Å². The van der Waals surface area contributed by atoms with Crippen molar-refractivity contribution in [3.63, 3.8) is 0 Å². The first-order valence-electron chi connectivity index (χ1n) is 8.83. The van der Waals surface area contributed by atoms with Crippen LogP contribution in [-0.4, -0.2) is 61.4 Å². The first-order valence-corrected chi connectivity index (χ1v) is 8.83. The van der Waals surface area contributed by atoms with Crippen molar-refractivity contribution in [2.45, 2.75) is 32.7 Å². The highest BCUT2D eigenvalue weighted by Crippen LogP contribution is 2.29. The number of amides is 1. The molecule has 1 N–H and O–H groups in total. The zero-order chi connectivity index (χ0) is 19.1. The number of benzene rings is 1. The summed E-state index contributed by atoms with van der Waals surface area (Å²) in [5.74, 6) is 0.433. The number of morpholine rings is 1. The molecule has 1 atom stereocenters. The molecule has 1 fully saturated rings. The van der Waals surface area contributed by atoms with E-state index in [4.69, 9.17) is 19.3 Å². The van der Waals surface area contributed by atoms with E-state index in [0.717, 1.165) is 6.42 Å². The van der Waals surface area contributed by atoms with E-state index < -0.39 is 12.0 Å². The van der Waals surface area contributed by atoms with Crippen LogP contribution in [0.4, 0.5) is 0 Å². The van der Waals surface area contributed by atoms with Gasteiger partial charge < -0.3 is 24.2 Å². The van der Waals surface area contributed by atoms with Crippen molar-refractivity contribution in [2.24, 2.45) is 5.92 Å². The van der Waals surface area contributed by atoms with E-state index in [9.17, 15) is 9.59 Å². The standard InChI is InChI=1S/C19H27NO6/c1-13(2)6-8-26-16-5-4-14(10-17(16)24-3)19(23)20-7-9-25-12-15(20)11-18(21)22/h4-5,10,13,15H,6-9,11-12H2,1-3H3,(H,21,22). The molecule has 1 amide bonds. The molecule has 1 aliphatic heterocycles. The summed E-state index contributed by atoms with van der Waals surface area (Å²) in [6, 6.07) is 4.57. The van der Waals surface area contributed by atoms with Crippen LogP contribution < -0.4 is 9.47 Å². The summed E-state index contributed by atoms with van der Waals surface area (Å²) in [6.45, 7) is 5.81. The highest BCUT2D eigenvalue weighted by Gasteiger charge is 2.30. The van der Waals surface area contributed by atoms with Crippen molar-refractivity contribution in [1.29, 1.82) is 0 Å². The molecule has 0 aliphatic carbocycles. The second kappa shape index (κ2) is 9.43. The quantitative estimate of drug-likeness (QED) is 0.762. The lowest BCUT2D eigenvalue weighted by Crippen LogP contribution is -2.49. The van der Waals surface area contributed by atoms with Crippen molar-refractivity contribution < 1.29 is 28.9 Å². The maximum absolute atomic E-state index is 12.9. The average molecular weight is 365 g/mol. The van der Waals surface area contributed by atoms with Crippen LogP contribution in [0.2, 0.25) is 0 Å². The van der Waals surface area contributed by atoms with E-state index in [1.807, 2.05) is 0 Å². The molecule has 144 valence electrons. The number of carboxylic acids is 1. The maximum atomic E-state index is 12.9. The summed E-state index contributed by atoms with van der Waals surface area (Å²) in [4.78, 5) is 25.5. The molecule has 0 spiro atoms. The van der Waals surface area contributed by atoms with Gasteiger partial charge in [0.05, 0.1) is 39.4 Å². The maximum Gasteiger partial charge on any atom is 0.305 e. The van der Waals surface area contributed by atoms with Crippen LogP contribution in [0.25, 0.3) is 0 Å². The van der Waals surface area contributed by atoms with Crippen LogP contribution in [0, 0.1) is 5.92 Å². The molecule has 26 heavy (non-hydrogen) atoms. The van der Waals surface area contributed by atoms with Gasteiger partial charge in [0, 0.05) is 12.1 Å². The molecule has 0 aromatic heterocycles. The lowest BCUT2D eigenvalue weighted by molar-refractivity contribution is -0.139. The van der Waals surface area contributed by atoms with Crippen LogP contribution in [0.5, 0.6) is 11.5 Å². The number of rotatable bonds is 8. The van der Waals surface area contributed by atoms with E-state index >= 15 is 0 Å². The Balaban J connectivity index is 2.13. The third-order valence-corrected chi connectivity index (χ3v) is 4.26. The predicted molar refractivity (Wildman–Crippen MR) is 95.8 cm³/mol. The lowest BCUT2D eigenvalue weighted by Gasteiger charge is -2.35. The van der Waals surface area contributed by atoms with Gasteiger partial charge in [-0.25, -0.2) is 0 Å². The fourth-order valence-electron chi connectivity index (χ4n) is 2.78. The molecular formula is C19H27NO6. The molecule has 1 unspecified atom stereocenters. The third-order valence-electron chi connectivity index (χ3n) is 4.26. The number of carbonyl (C=O) groups excluding carboxylic acids is 1. The molecule has 2 rings (SSSR count). The van der Waals surface area contributed by atoms with E-state index in [0.29, 0.717) is 42.7 Å². The fourth-order valence-corrected chi connectivity index (χ4v) is 2.78. The van der Waals surface area contributed by atoms with Crippen molar-refractivity contribution in [1.82, 2.24) is 4.90 Å². The van der Waals surface area contributed by atoms with Gasteiger partial charge in [0.25, 0.3) is 5.91 Å². The van der Waals surface area contributed by atoms with Crippen molar-refractivity contribution in [3.05, 3.63) is 23.8 Å². The van der Waals surface area contributed by atoms with Crippen molar-refractivity contribution >= 4 is 11.9 Å². The number of aliphatic carboxylic acids is 1. The number of carboxylic acid groups (broad SMARTS) is 1. The van der Waals surface area contributed by atoms with E-state index in [1.54, 1.807) is 23.1 Å². The Morgan fingerprint density at radius 2 is 2.12 bits per heavy atom. The van der Waals surface area contributed by atoms with Crippen LogP contribution in [0.1, 0.15) is 37.0 Å². The topological polar surface area (TPSA) is 85.3 Å². The Kier molecular flexibility index (Phi) is 7.26. The van der Waals surface area contributed by atoms with Gasteiger partial charge in [0.2, 0.25) is 0 Å². The van der Waals surface area contributed by atoms with Crippen LogP contribution in [0.15, 0.2) is 18.2 Å². The van der Waals surface area contributed by atoms with E-state index in [-0.39, 0.29) is 18.9 Å². The fraction of sp³-hybridized carbons (Fsp3) is 0.579.